The molecular weight excluding hydrogens is 546 g/mol. The van der Waals surface area contributed by atoms with Crippen LogP contribution < -0.4 is 19.5 Å². The average Bonchev–Trinajstić information content (AvgIpc) is 3.78. The molecule has 2 amide bonds. The maximum atomic E-state index is 14.1. The summed E-state index contributed by atoms with van der Waals surface area (Å²) in [7, 11) is 4.54. The van der Waals surface area contributed by atoms with Gasteiger partial charge in [-0.05, 0) is 54.1 Å². The number of ether oxygens (including phenoxy) is 4. The molecule has 41 heavy (non-hydrogen) atoms. The summed E-state index contributed by atoms with van der Waals surface area (Å²) in [5.74, 6) is 0.500. The predicted molar refractivity (Wildman–Crippen MR) is 153 cm³/mol. The van der Waals surface area contributed by atoms with Gasteiger partial charge in [-0.15, -0.1) is 16.4 Å². The third-order valence-corrected chi connectivity index (χ3v) is 7.88. The van der Waals surface area contributed by atoms with Crippen molar-refractivity contribution in [1.29, 1.82) is 0 Å². The average molecular weight is 580 g/mol. The van der Waals surface area contributed by atoms with E-state index in [0.29, 0.717) is 41.5 Å². The van der Waals surface area contributed by atoms with Crippen LogP contribution in [0.2, 0.25) is 0 Å². The third kappa shape index (κ3) is 6.28. The van der Waals surface area contributed by atoms with Crippen molar-refractivity contribution in [3.05, 3.63) is 64.4 Å². The lowest BCUT2D eigenvalue weighted by atomic mass is 10.0. The highest BCUT2D eigenvalue weighted by molar-refractivity contribution is 7.09. The largest absolute Gasteiger partial charge is 0.493 e. The molecule has 0 radical (unpaired) electrons. The molecule has 1 N–H and O–H groups in total. The number of nitrogens with one attached hydrogen (secondary N) is 1. The lowest BCUT2D eigenvalue weighted by Gasteiger charge is -2.32. The number of nitrogens with zero attached hydrogens (tertiary/aromatic N) is 4. The van der Waals surface area contributed by atoms with Crippen LogP contribution in [0.4, 0.5) is 0 Å². The van der Waals surface area contributed by atoms with E-state index in [0.717, 1.165) is 23.2 Å². The van der Waals surface area contributed by atoms with Crippen molar-refractivity contribution in [1.82, 2.24) is 25.2 Å². The topological polar surface area (TPSA) is 117 Å². The summed E-state index contributed by atoms with van der Waals surface area (Å²) in [6.45, 7) is 1.11. The number of benzene rings is 2. The summed E-state index contributed by atoms with van der Waals surface area (Å²) < 4.78 is 24.0. The fourth-order valence-electron chi connectivity index (χ4n) is 5.00. The number of thiophene rings is 1. The molecule has 1 aliphatic rings. The minimum absolute atomic E-state index is 0.0671. The highest BCUT2D eigenvalue weighted by Crippen LogP contribution is 2.41. The molecule has 1 saturated heterocycles. The summed E-state index contributed by atoms with van der Waals surface area (Å²) in [4.78, 5) is 30.7. The first kappa shape index (κ1) is 28.4. The summed E-state index contributed by atoms with van der Waals surface area (Å²) in [6, 6.07) is 13.7. The van der Waals surface area contributed by atoms with E-state index >= 15 is 0 Å². The fourth-order valence-corrected chi connectivity index (χ4v) is 5.70. The molecule has 11 nitrogen and oxygen atoms in total. The second-order valence-corrected chi connectivity index (χ2v) is 10.6. The molecular formula is C29H33N5O6S. The summed E-state index contributed by atoms with van der Waals surface area (Å²) in [5.41, 5.74) is 1.92. The number of aromatic nitrogens is 3. The number of carbonyl (C=O) groups excluding carboxylic acids is 2. The molecule has 12 heteroatoms. The summed E-state index contributed by atoms with van der Waals surface area (Å²) >= 11 is 1.51. The lowest BCUT2D eigenvalue weighted by molar-refractivity contribution is -0.142. The Morgan fingerprint density at radius 1 is 1.12 bits per heavy atom. The van der Waals surface area contributed by atoms with Crippen LogP contribution in [0.25, 0.3) is 11.0 Å². The highest BCUT2D eigenvalue weighted by Gasteiger charge is 2.34. The molecule has 2 unspecified atom stereocenters. The van der Waals surface area contributed by atoms with E-state index < -0.39 is 6.04 Å². The zero-order valence-corrected chi connectivity index (χ0v) is 24.1. The van der Waals surface area contributed by atoms with Crippen LogP contribution in [0, 0.1) is 0 Å². The smallest absolute Gasteiger partial charge is 0.247 e. The molecule has 5 rings (SSSR count). The van der Waals surface area contributed by atoms with Crippen LogP contribution in [0.15, 0.2) is 53.9 Å². The minimum atomic E-state index is -1.02. The Kier molecular flexibility index (Phi) is 9.00. The zero-order valence-electron chi connectivity index (χ0n) is 23.2. The molecule has 0 saturated carbocycles. The number of fused-ring (bicyclic) bond motifs is 1. The summed E-state index contributed by atoms with van der Waals surface area (Å²) in [5, 5.41) is 13.4. The van der Waals surface area contributed by atoms with Crippen molar-refractivity contribution in [2.24, 2.45) is 0 Å². The Morgan fingerprint density at radius 2 is 1.90 bits per heavy atom. The first-order valence-corrected chi connectivity index (χ1v) is 14.2. The number of methoxy groups -OCH3 is 3. The van der Waals surface area contributed by atoms with Crippen molar-refractivity contribution < 1.29 is 28.5 Å². The maximum absolute atomic E-state index is 14.1. The number of hydrogen-bond donors (Lipinski definition) is 1. The van der Waals surface area contributed by atoms with Crippen molar-refractivity contribution in [3.63, 3.8) is 0 Å². The molecule has 0 spiro atoms. The fraction of sp³-hybridized carbons (Fsp3) is 0.379. The van der Waals surface area contributed by atoms with E-state index in [1.54, 1.807) is 21.7 Å². The summed E-state index contributed by atoms with van der Waals surface area (Å²) in [6.07, 6.45) is 1.75. The van der Waals surface area contributed by atoms with E-state index in [1.165, 1.54) is 32.7 Å². The molecule has 2 aromatic heterocycles. The van der Waals surface area contributed by atoms with Crippen molar-refractivity contribution in [3.8, 4) is 17.2 Å². The molecule has 2 atom stereocenters. The second-order valence-electron chi connectivity index (χ2n) is 9.58. The standard InChI is InChI=1S/C29H33N5O6S/c1-37-24-14-19(15-25(38-2)28(24)39-3)27(29(36)30-16-20-8-6-12-40-20)33(17-21-9-7-13-41-21)26(35)18-34-23-11-5-4-10-22(23)31-32-34/h4-5,7,9-11,13-15,20,27H,6,8,12,16-18H2,1-3H3,(H,30,36). The van der Waals surface area contributed by atoms with Crippen LogP contribution in [0.1, 0.15) is 29.3 Å². The Labute approximate surface area is 241 Å². The van der Waals surface area contributed by atoms with E-state index in [-0.39, 0.29) is 31.0 Å². The minimum Gasteiger partial charge on any atom is -0.493 e. The van der Waals surface area contributed by atoms with Crippen molar-refractivity contribution in [2.75, 3.05) is 34.5 Å². The normalized spacial score (nSPS) is 15.4. The molecule has 1 aliphatic heterocycles. The molecule has 0 bridgehead atoms. The van der Waals surface area contributed by atoms with E-state index in [2.05, 4.69) is 15.6 Å². The van der Waals surface area contributed by atoms with Crippen LogP contribution in [-0.2, 0) is 27.4 Å². The Morgan fingerprint density at radius 3 is 2.56 bits per heavy atom. The van der Waals surface area contributed by atoms with Crippen LogP contribution in [0.5, 0.6) is 17.2 Å². The number of rotatable bonds is 12. The second kappa shape index (κ2) is 13.0. The van der Waals surface area contributed by atoms with E-state index in [1.807, 2.05) is 41.8 Å². The van der Waals surface area contributed by atoms with E-state index in [4.69, 9.17) is 18.9 Å². The number of para-hydroxylation sites is 1. The number of hydrogen-bond acceptors (Lipinski definition) is 9. The van der Waals surface area contributed by atoms with Gasteiger partial charge in [0.25, 0.3) is 0 Å². The van der Waals surface area contributed by atoms with Crippen LogP contribution in [0.3, 0.4) is 0 Å². The lowest BCUT2D eigenvalue weighted by Crippen LogP contribution is -2.46. The quantitative estimate of drug-likeness (QED) is 0.271. The van der Waals surface area contributed by atoms with Crippen LogP contribution in [-0.4, -0.2) is 72.3 Å². The van der Waals surface area contributed by atoms with E-state index in [9.17, 15) is 9.59 Å². The van der Waals surface area contributed by atoms with Gasteiger partial charge in [-0.3, -0.25) is 9.59 Å². The highest BCUT2D eigenvalue weighted by atomic mass is 32.1. The molecule has 216 valence electrons. The molecule has 0 aliphatic carbocycles. The number of carbonyl (C=O) groups is 2. The molecule has 1 fully saturated rings. The SMILES string of the molecule is COc1cc(C(C(=O)NCC2CCCO2)N(Cc2cccs2)C(=O)Cn2nnc3ccccc32)cc(OC)c1OC. The van der Waals surface area contributed by atoms with Gasteiger partial charge in [-0.2, -0.15) is 0 Å². The Bertz CT molecular complexity index is 1460. The van der Waals surface area contributed by atoms with Crippen LogP contribution >= 0.6 is 11.3 Å². The van der Waals surface area contributed by atoms with Gasteiger partial charge in [0.2, 0.25) is 17.6 Å². The maximum Gasteiger partial charge on any atom is 0.247 e. The molecule has 3 heterocycles. The third-order valence-electron chi connectivity index (χ3n) is 7.02. The van der Waals surface area contributed by atoms with Gasteiger partial charge in [0.1, 0.15) is 18.1 Å². The Balaban J connectivity index is 1.56. The first-order valence-electron chi connectivity index (χ1n) is 13.3. The number of amides is 2. The van der Waals surface area contributed by atoms with Crippen molar-refractivity contribution in [2.45, 2.75) is 38.1 Å². The van der Waals surface area contributed by atoms with Gasteiger partial charge in [-0.1, -0.05) is 23.4 Å². The van der Waals surface area contributed by atoms with Gasteiger partial charge in [0, 0.05) is 18.0 Å². The monoisotopic (exact) mass is 579 g/mol. The van der Waals surface area contributed by atoms with Gasteiger partial charge in [0.05, 0.1) is 39.5 Å². The van der Waals surface area contributed by atoms with Gasteiger partial charge >= 0.3 is 0 Å². The predicted octanol–water partition coefficient (Wildman–Crippen LogP) is 3.58. The molecule has 2 aromatic carbocycles. The van der Waals surface area contributed by atoms with Gasteiger partial charge in [-0.25, -0.2) is 4.68 Å². The Hall–Kier alpha value is -4.16. The molecule has 4 aromatic rings. The first-order chi connectivity index (χ1) is 20.0. The van der Waals surface area contributed by atoms with Gasteiger partial charge < -0.3 is 29.2 Å². The van der Waals surface area contributed by atoms with Gasteiger partial charge in [0.15, 0.2) is 11.5 Å². The van der Waals surface area contributed by atoms with Crippen molar-refractivity contribution >= 4 is 34.2 Å². The zero-order chi connectivity index (χ0) is 28.8.